The lowest BCUT2D eigenvalue weighted by Gasteiger charge is -2.09. The monoisotopic (exact) mass is 261 g/mol. The molecule has 102 valence electrons. The van der Waals surface area contributed by atoms with Crippen molar-refractivity contribution in [2.45, 2.75) is 13.3 Å². The number of aromatic nitrogens is 2. The molecule has 0 unspecified atom stereocenters. The molecule has 0 fully saturated rings. The molecule has 0 saturated carbocycles. The predicted molar refractivity (Wildman–Crippen MR) is 73.8 cm³/mol. The van der Waals surface area contributed by atoms with E-state index in [0.717, 1.165) is 35.1 Å². The average Bonchev–Trinajstić information content (AvgIpc) is 2.67. The Hall–Kier alpha value is -2.01. The Kier molecular flexibility index (Phi) is 4.06. The van der Waals surface area contributed by atoms with Crippen LogP contribution >= 0.6 is 0 Å². The first-order valence-corrected chi connectivity index (χ1v) is 6.20. The molecule has 0 amide bonds. The molecule has 1 heterocycles. The molecule has 0 bridgehead atoms. The van der Waals surface area contributed by atoms with Crippen LogP contribution in [0, 0.1) is 6.92 Å². The Morgan fingerprint density at radius 1 is 1.21 bits per heavy atom. The zero-order valence-electron chi connectivity index (χ0n) is 11.5. The molecule has 0 atom stereocenters. The number of hydrogen-bond acceptors (Lipinski definition) is 4. The normalized spacial score (nSPS) is 10.5. The van der Waals surface area contributed by atoms with Gasteiger partial charge in [-0.1, -0.05) is 0 Å². The van der Waals surface area contributed by atoms with Gasteiger partial charge in [0.05, 0.1) is 12.8 Å². The molecule has 0 radical (unpaired) electrons. The van der Waals surface area contributed by atoms with Crippen LogP contribution in [0.15, 0.2) is 24.3 Å². The fourth-order valence-corrected chi connectivity index (χ4v) is 2.00. The molecule has 2 N–H and O–H groups in total. The third kappa shape index (κ3) is 2.88. The molecule has 0 aliphatic carbocycles. The van der Waals surface area contributed by atoms with Crippen LogP contribution in [0.25, 0.3) is 0 Å². The molecule has 0 aliphatic rings. The second-order valence-electron chi connectivity index (χ2n) is 4.31. The minimum absolute atomic E-state index is 0.575. The molecule has 2 aromatic rings. The van der Waals surface area contributed by atoms with E-state index in [1.807, 2.05) is 38.2 Å². The van der Waals surface area contributed by atoms with Gasteiger partial charge in [0.1, 0.15) is 11.5 Å². The molecule has 0 aliphatic heterocycles. The maximum Gasteiger partial charge on any atom is 0.221 e. The first-order valence-electron chi connectivity index (χ1n) is 6.20. The van der Waals surface area contributed by atoms with E-state index in [9.17, 15) is 0 Å². The van der Waals surface area contributed by atoms with Crippen LogP contribution in [-0.2, 0) is 13.5 Å². The molecular weight excluding hydrogens is 242 g/mol. The molecule has 0 saturated heterocycles. The van der Waals surface area contributed by atoms with Gasteiger partial charge in [-0.3, -0.25) is 0 Å². The molecule has 1 aromatic heterocycles. The first kappa shape index (κ1) is 13.4. The highest BCUT2D eigenvalue weighted by Gasteiger charge is 2.14. The highest BCUT2D eigenvalue weighted by Crippen LogP contribution is 2.28. The van der Waals surface area contributed by atoms with Crippen LogP contribution < -0.4 is 15.2 Å². The topological polar surface area (TPSA) is 62.3 Å². The number of rotatable bonds is 5. The predicted octanol–water partition coefficient (Wildman–Crippen LogP) is 2.03. The number of hydrogen-bond donors (Lipinski definition) is 1. The van der Waals surface area contributed by atoms with Crippen LogP contribution in [0.4, 0.5) is 0 Å². The number of ether oxygens (including phenoxy) is 2. The highest BCUT2D eigenvalue weighted by atomic mass is 16.5. The van der Waals surface area contributed by atoms with Crippen molar-refractivity contribution in [2.75, 3.05) is 13.7 Å². The van der Waals surface area contributed by atoms with Gasteiger partial charge in [0.2, 0.25) is 5.88 Å². The van der Waals surface area contributed by atoms with Crippen molar-refractivity contribution in [3.63, 3.8) is 0 Å². The van der Waals surface area contributed by atoms with Crippen LogP contribution in [0.2, 0.25) is 0 Å². The van der Waals surface area contributed by atoms with Gasteiger partial charge in [0, 0.05) is 12.6 Å². The summed E-state index contributed by atoms with van der Waals surface area (Å²) in [7, 11) is 3.51. The summed E-state index contributed by atoms with van der Waals surface area (Å²) in [5.74, 6) is 2.30. The standard InChI is InChI=1S/C14H19N3O2/c1-10-13(8-9-15)14(17(2)16-10)19-12-6-4-11(18-3)5-7-12/h4-7H,8-9,15H2,1-3H3. The minimum Gasteiger partial charge on any atom is -0.497 e. The summed E-state index contributed by atoms with van der Waals surface area (Å²) >= 11 is 0. The van der Waals surface area contributed by atoms with Crippen molar-refractivity contribution in [2.24, 2.45) is 12.8 Å². The summed E-state index contributed by atoms with van der Waals surface area (Å²) in [5, 5.41) is 4.37. The van der Waals surface area contributed by atoms with Crippen molar-refractivity contribution >= 4 is 0 Å². The number of aryl methyl sites for hydroxylation is 2. The van der Waals surface area contributed by atoms with Crippen LogP contribution in [0.3, 0.4) is 0 Å². The first-order chi connectivity index (χ1) is 9.15. The summed E-state index contributed by atoms with van der Waals surface area (Å²) < 4.78 is 12.8. The molecule has 1 aromatic carbocycles. The fraction of sp³-hybridized carbons (Fsp3) is 0.357. The highest BCUT2D eigenvalue weighted by molar-refractivity contribution is 5.38. The Morgan fingerprint density at radius 2 is 1.84 bits per heavy atom. The summed E-state index contributed by atoms with van der Waals surface area (Å²) in [5.41, 5.74) is 7.64. The number of benzene rings is 1. The molecule has 0 spiro atoms. The summed E-state index contributed by atoms with van der Waals surface area (Å²) in [6.45, 7) is 2.54. The van der Waals surface area contributed by atoms with Crippen LogP contribution in [-0.4, -0.2) is 23.4 Å². The van der Waals surface area contributed by atoms with E-state index >= 15 is 0 Å². The third-order valence-electron chi connectivity index (χ3n) is 2.96. The second kappa shape index (κ2) is 5.75. The van der Waals surface area contributed by atoms with E-state index in [0.29, 0.717) is 6.54 Å². The smallest absolute Gasteiger partial charge is 0.221 e. The molecular formula is C14H19N3O2. The molecule has 2 rings (SSSR count). The van der Waals surface area contributed by atoms with Gasteiger partial charge in [-0.25, -0.2) is 4.68 Å². The SMILES string of the molecule is COc1ccc(Oc2c(CCN)c(C)nn2C)cc1. The lowest BCUT2D eigenvalue weighted by Crippen LogP contribution is -2.04. The van der Waals surface area contributed by atoms with Crippen LogP contribution in [0.1, 0.15) is 11.3 Å². The quantitative estimate of drug-likeness (QED) is 0.894. The molecule has 19 heavy (non-hydrogen) atoms. The van der Waals surface area contributed by atoms with Gasteiger partial charge in [0.15, 0.2) is 0 Å². The van der Waals surface area contributed by atoms with Crippen LogP contribution in [0.5, 0.6) is 17.4 Å². The van der Waals surface area contributed by atoms with Crippen molar-refractivity contribution < 1.29 is 9.47 Å². The van der Waals surface area contributed by atoms with E-state index in [4.69, 9.17) is 15.2 Å². The Labute approximate surface area is 112 Å². The maximum absolute atomic E-state index is 5.90. The van der Waals surface area contributed by atoms with E-state index < -0.39 is 0 Å². The Morgan fingerprint density at radius 3 is 2.42 bits per heavy atom. The number of methoxy groups -OCH3 is 1. The zero-order chi connectivity index (χ0) is 13.8. The van der Waals surface area contributed by atoms with E-state index in [1.165, 1.54) is 0 Å². The summed E-state index contributed by atoms with van der Waals surface area (Å²) in [6, 6.07) is 7.46. The average molecular weight is 261 g/mol. The largest absolute Gasteiger partial charge is 0.497 e. The molecule has 5 nitrogen and oxygen atoms in total. The lowest BCUT2D eigenvalue weighted by atomic mass is 10.2. The lowest BCUT2D eigenvalue weighted by molar-refractivity contribution is 0.408. The number of nitrogens with two attached hydrogens (primary N) is 1. The van der Waals surface area contributed by atoms with E-state index in [2.05, 4.69) is 5.10 Å². The number of nitrogens with zero attached hydrogens (tertiary/aromatic N) is 2. The van der Waals surface area contributed by atoms with Gasteiger partial charge in [-0.05, 0) is 44.2 Å². The van der Waals surface area contributed by atoms with Crippen molar-refractivity contribution in [1.82, 2.24) is 9.78 Å². The second-order valence-corrected chi connectivity index (χ2v) is 4.31. The Balaban J connectivity index is 2.26. The van der Waals surface area contributed by atoms with Crippen molar-refractivity contribution in [3.8, 4) is 17.4 Å². The van der Waals surface area contributed by atoms with Gasteiger partial charge in [-0.15, -0.1) is 0 Å². The third-order valence-corrected chi connectivity index (χ3v) is 2.96. The van der Waals surface area contributed by atoms with Gasteiger partial charge in [-0.2, -0.15) is 5.10 Å². The van der Waals surface area contributed by atoms with Gasteiger partial charge >= 0.3 is 0 Å². The maximum atomic E-state index is 5.90. The summed E-state index contributed by atoms with van der Waals surface area (Å²) in [6.07, 6.45) is 0.755. The van der Waals surface area contributed by atoms with Gasteiger partial charge < -0.3 is 15.2 Å². The van der Waals surface area contributed by atoms with Crippen molar-refractivity contribution in [3.05, 3.63) is 35.5 Å². The van der Waals surface area contributed by atoms with Gasteiger partial charge in [0.25, 0.3) is 0 Å². The Bertz CT molecular complexity index is 547. The minimum atomic E-state index is 0.575. The summed E-state index contributed by atoms with van der Waals surface area (Å²) in [4.78, 5) is 0. The van der Waals surface area contributed by atoms with Crippen molar-refractivity contribution in [1.29, 1.82) is 0 Å². The zero-order valence-corrected chi connectivity index (χ0v) is 11.5. The molecule has 5 heteroatoms. The fourth-order valence-electron chi connectivity index (χ4n) is 2.00. The van der Waals surface area contributed by atoms with E-state index in [1.54, 1.807) is 11.8 Å². The van der Waals surface area contributed by atoms with E-state index in [-0.39, 0.29) is 0 Å².